The van der Waals surface area contributed by atoms with Crippen LogP contribution >= 0.6 is 11.6 Å². The average Bonchev–Trinajstić information content (AvgIpc) is 3.60. The van der Waals surface area contributed by atoms with Crippen molar-refractivity contribution in [2.45, 2.75) is 134 Å². The largest absolute Gasteiger partial charge is 0.444 e. The molecule has 0 aliphatic carbocycles. The summed E-state index contributed by atoms with van der Waals surface area (Å²) in [4.78, 5) is 38.9. The first kappa shape index (κ1) is 40.5. The number of benzene rings is 1. The number of hydrogen-bond donors (Lipinski definition) is 1. The van der Waals surface area contributed by atoms with Crippen molar-refractivity contribution < 1.29 is 32.6 Å². The van der Waals surface area contributed by atoms with E-state index in [1.807, 2.05) is 25.3 Å². The van der Waals surface area contributed by atoms with Gasteiger partial charge >= 0.3 is 17.9 Å². The molecule has 3 aliphatic rings. The number of rotatable bonds is 13. The highest BCUT2D eigenvalue weighted by atomic mass is 35.5. The van der Waals surface area contributed by atoms with Crippen LogP contribution in [0.3, 0.4) is 0 Å². The Morgan fingerprint density at radius 2 is 1.59 bits per heavy atom. The number of piperidine rings is 1. The third kappa shape index (κ3) is 8.80. The van der Waals surface area contributed by atoms with E-state index in [0.717, 1.165) is 42.7 Å². The molecule has 3 aliphatic heterocycles. The van der Waals surface area contributed by atoms with Gasteiger partial charge in [0.2, 0.25) is 0 Å². The molecule has 2 fully saturated rings. The number of amides is 2. The zero-order valence-electron chi connectivity index (χ0n) is 33.0. The number of ether oxygens (including phenoxy) is 3. The van der Waals surface area contributed by atoms with Crippen LogP contribution in [0.15, 0.2) is 24.5 Å². The van der Waals surface area contributed by atoms with Crippen LogP contribution in [0.2, 0.25) is 56.4 Å². The minimum Gasteiger partial charge on any atom is -0.444 e. The van der Waals surface area contributed by atoms with Gasteiger partial charge in [-0.25, -0.2) is 14.8 Å². The van der Waals surface area contributed by atoms with Gasteiger partial charge in [-0.15, -0.1) is 0 Å². The molecular formula is C38H55ClF2N6O5Si2. The van der Waals surface area contributed by atoms with E-state index in [0.29, 0.717) is 41.3 Å². The van der Waals surface area contributed by atoms with Gasteiger partial charge in [0.1, 0.15) is 30.4 Å². The van der Waals surface area contributed by atoms with Crippen molar-refractivity contribution in [1.29, 1.82) is 0 Å². The van der Waals surface area contributed by atoms with Crippen molar-refractivity contribution in [1.82, 2.24) is 19.9 Å². The topological polar surface area (TPSA) is 111 Å². The van der Waals surface area contributed by atoms with Gasteiger partial charge in [0.25, 0.3) is 0 Å². The second-order valence-electron chi connectivity index (χ2n) is 18.3. The van der Waals surface area contributed by atoms with Gasteiger partial charge in [0, 0.05) is 64.8 Å². The quantitative estimate of drug-likeness (QED) is 0.135. The Morgan fingerprint density at radius 1 is 0.981 bits per heavy atom. The highest BCUT2D eigenvalue weighted by Gasteiger charge is 2.55. The summed E-state index contributed by atoms with van der Waals surface area (Å²) < 4.78 is 50.8. The van der Waals surface area contributed by atoms with Gasteiger partial charge in [-0.3, -0.25) is 9.69 Å². The third-order valence-electron chi connectivity index (χ3n) is 10.2. The van der Waals surface area contributed by atoms with Crippen molar-refractivity contribution in [3.63, 3.8) is 0 Å². The lowest BCUT2D eigenvalue weighted by atomic mass is 9.97. The molecule has 54 heavy (non-hydrogen) atoms. The summed E-state index contributed by atoms with van der Waals surface area (Å²) in [6, 6.07) is 5.29. The lowest BCUT2D eigenvalue weighted by molar-refractivity contribution is -0.142. The number of alkyl halides is 2. The van der Waals surface area contributed by atoms with Crippen LogP contribution in [-0.4, -0.2) is 86.4 Å². The number of alkyl carbamates (subject to hydrolysis) is 1. The first-order valence-electron chi connectivity index (χ1n) is 19.0. The molecule has 3 atom stereocenters. The fourth-order valence-electron chi connectivity index (χ4n) is 7.49. The SMILES string of the molecule is CC(C)(C)OC(=O)NC1C[C@H]2CC[C@@H](C1)N2c1cnc2c(-c3ccc4c(c3Cl)C(F)(F)C(=O)N4COCC[Si](C)(C)C)cn(COCC[Si](C)(C)C)c2n1. The van der Waals surface area contributed by atoms with Crippen LogP contribution in [0.1, 0.15) is 52.0 Å². The Kier molecular flexibility index (Phi) is 11.3. The summed E-state index contributed by atoms with van der Waals surface area (Å²) in [7, 11) is -2.77. The van der Waals surface area contributed by atoms with Crippen LogP contribution in [0, 0.1) is 0 Å². The van der Waals surface area contributed by atoms with E-state index in [2.05, 4.69) is 49.5 Å². The fourth-order valence-corrected chi connectivity index (χ4v) is 9.38. The third-order valence-corrected chi connectivity index (χ3v) is 14.0. The maximum Gasteiger partial charge on any atom is 0.407 e. The number of halogens is 3. The molecule has 16 heteroatoms. The molecule has 1 N–H and O–H groups in total. The molecule has 0 spiro atoms. The monoisotopic (exact) mass is 804 g/mol. The predicted octanol–water partition coefficient (Wildman–Crippen LogP) is 8.84. The van der Waals surface area contributed by atoms with Crippen molar-refractivity contribution in [2.24, 2.45) is 0 Å². The molecule has 2 saturated heterocycles. The molecule has 2 bridgehead atoms. The van der Waals surface area contributed by atoms with Crippen LogP contribution in [0.4, 0.5) is 25.1 Å². The second-order valence-corrected chi connectivity index (χ2v) is 30.0. The van der Waals surface area contributed by atoms with Crippen LogP contribution in [0.25, 0.3) is 22.3 Å². The number of nitrogens with one attached hydrogen (secondary N) is 1. The molecule has 2 amide bonds. The lowest BCUT2D eigenvalue weighted by Crippen LogP contribution is -2.51. The second kappa shape index (κ2) is 15.1. The van der Waals surface area contributed by atoms with Gasteiger partial charge in [-0.2, -0.15) is 8.78 Å². The maximum absolute atomic E-state index is 15.8. The smallest absolute Gasteiger partial charge is 0.407 e. The van der Waals surface area contributed by atoms with E-state index in [-0.39, 0.29) is 42.3 Å². The Hall–Kier alpha value is -3.12. The Bertz CT molecular complexity index is 1880. The zero-order chi connectivity index (χ0) is 39.4. The first-order valence-corrected chi connectivity index (χ1v) is 26.7. The van der Waals surface area contributed by atoms with Crippen LogP contribution in [-0.2, 0) is 31.7 Å². The van der Waals surface area contributed by atoms with E-state index in [4.69, 9.17) is 35.8 Å². The molecule has 6 rings (SSSR count). The highest BCUT2D eigenvalue weighted by molar-refractivity contribution is 6.76. The summed E-state index contributed by atoms with van der Waals surface area (Å²) in [6.07, 6.45) is 6.54. The van der Waals surface area contributed by atoms with Crippen LogP contribution in [0.5, 0.6) is 0 Å². The average molecular weight is 806 g/mol. The number of nitrogens with zero attached hydrogens (tertiary/aromatic N) is 5. The van der Waals surface area contributed by atoms with Gasteiger partial charge in [-0.05, 0) is 64.6 Å². The molecular weight excluding hydrogens is 750 g/mol. The van der Waals surface area contributed by atoms with E-state index < -0.39 is 45.2 Å². The molecule has 3 aromatic rings. The standard InChI is InChI=1S/C38H55ClF2N6O5Si2/c1-37(2,3)52-36(49)43-24-18-25-10-11-26(19-24)47(25)30-20-42-33-28(21-45(34(33)44-30)22-50-14-16-53(4,5)6)27-12-13-29-31(32(27)39)38(40,41)35(48)46(29)23-51-15-17-54(7,8)9/h12-13,20-21,24-26H,10-11,14-19,22-23H2,1-9H3,(H,43,49)/t24?,25-,26+. The van der Waals surface area contributed by atoms with Crippen molar-refractivity contribution >= 4 is 62.4 Å². The minimum atomic E-state index is -3.83. The molecule has 0 saturated carbocycles. The maximum atomic E-state index is 15.8. The van der Waals surface area contributed by atoms with Gasteiger partial charge in [-0.1, -0.05) is 56.9 Å². The predicted molar refractivity (Wildman–Crippen MR) is 214 cm³/mol. The highest BCUT2D eigenvalue weighted by Crippen LogP contribution is 2.51. The summed E-state index contributed by atoms with van der Waals surface area (Å²) >= 11 is 6.87. The lowest BCUT2D eigenvalue weighted by Gasteiger charge is -2.39. The Morgan fingerprint density at radius 3 is 2.19 bits per heavy atom. The van der Waals surface area contributed by atoms with Gasteiger partial charge in [0.15, 0.2) is 5.65 Å². The number of fused-ring (bicyclic) bond motifs is 4. The summed E-state index contributed by atoms with van der Waals surface area (Å²) in [5.41, 5.74) is 0.803. The number of carbonyl (C=O) groups is 2. The minimum absolute atomic E-state index is 0.0138. The normalized spacial score (nSPS) is 21.3. The van der Waals surface area contributed by atoms with Gasteiger partial charge in [0.05, 0.1) is 22.5 Å². The molecule has 1 unspecified atom stereocenters. The van der Waals surface area contributed by atoms with Crippen molar-refractivity contribution in [3.8, 4) is 11.1 Å². The van der Waals surface area contributed by atoms with E-state index in [1.165, 1.54) is 6.07 Å². The van der Waals surface area contributed by atoms with Crippen molar-refractivity contribution in [3.05, 3.63) is 35.1 Å². The van der Waals surface area contributed by atoms with E-state index >= 15 is 8.78 Å². The fraction of sp³-hybridized carbons (Fsp3) is 0.632. The Labute approximate surface area is 324 Å². The zero-order valence-corrected chi connectivity index (χ0v) is 35.8. The van der Waals surface area contributed by atoms with E-state index in [9.17, 15) is 9.59 Å². The molecule has 5 heterocycles. The molecule has 2 aromatic heterocycles. The molecule has 1 aromatic carbocycles. The molecule has 11 nitrogen and oxygen atoms in total. The first-order chi connectivity index (χ1) is 25.1. The summed E-state index contributed by atoms with van der Waals surface area (Å²) in [5.74, 6) is -4.47. The molecule has 296 valence electrons. The van der Waals surface area contributed by atoms with Crippen LogP contribution < -0.4 is 15.1 Å². The number of hydrogen-bond acceptors (Lipinski definition) is 8. The van der Waals surface area contributed by atoms with E-state index in [1.54, 1.807) is 18.5 Å². The summed E-state index contributed by atoms with van der Waals surface area (Å²) in [6.45, 7) is 19.9. The number of anilines is 2. The van der Waals surface area contributed by atoms with Crippen molar-refractivity contribution in [2.75, 3.05) is 29.7 Å². The Balaban J connectivity index is 1.31. The number of carbonyl (C=O) groups excluding carboxylic acids is 2. The number of aromatic nitrogens is 3. The van der Waals surface area contributed by atoms with Gasteiger partial charge < -0.3 is 29.0 Å². The molecule has 0 radical (unpaired) electrons. The summed E-state index contributed by atoms with van der Waals surface area (Å²) in [5, 5.41) is 2.85.